The zero-order valence-electron chi connectivity index (χ0n) is 7.11. The van der Waals surface area contributed by atoms with E-state index in [9.17, 15) is 10.2 Å². The predicted octanol–water partition coefficient (Wildman–Crippen LogP) is -4.61. The number of aliphatic hydroxyl groups excluding tert-OH is 4. The molecule has 1 fully saturated rings. The molecule has 0 radical (unpaired) electrons. The number of rotatable bonds is 3. The molecule has 1 aliphatic heterocycles. The van der Waals surface area contributed by atoms with Crippen LogP contribution in [0.5, 0.6) is 0 Å². The van der Waals surface area contributed by atoms with E-state index in [2.05, 4.69) is 4.74 Å². The molecular formula is C6H13NO7. The number of aliphatic hydroxyl groups is 6. The molecule has 1 saturated heterocycles. The van der Waals surface area contributed by atoms with Gasteiger partial charge in [-0.15, -0.1) is 0 Å². The Balaban J connectivity index is 2.70. The van der Waals surface area contributed by atoms with Gasteiger partial charge < -0.3 is 30.6 Å². The van der Waals surface area contributed by atoms with Gasteiger partial charge in [0.25, 0.3) is 5.91 Å². The van der Waals surface area contributed by atoms with Crippen LogP contribution in [0.1, 0.15) is 0 Å². The fourth-order valence-electron chi connectivity index (χ4n) is 1.21. The van der Waals surface area contributed by atoms with Crippen LogP contribution in [0.4, 0.5) is 0 Å². The highest BCUT2D eigenvalue weighted by atomic mass is 16.8. The van der Waals surface area contributed by atoms with Crippen molar-refractivity contribution in [1.82, 2.24) is 0 Å². The molecule has 1 rings (SSSR count). The maximum atomic E-state index is 9.35. The van der Waals surface area contributed by atoms with Crippen molar-refractivity contribution in [3.63, 3.8) is 0 Å². The predicted molar refractivity (Wildman–Crippen MR) is 40.3 cm³/mol. The standard InChI is InChI=1S/C6H13NO7/c7-6(13)4(11)5(12,14-6)3(10)2(9)1-8/h2-4,8-13H,1,7H2/t2-,3-,4-,5-,6?/m1/s1. The summed E-state index contributed by atoms with van der Waals surface area (Å²) in [6.07, 6.45) is -5.68. The average molecular weight is 211 g/mol. The van der Waals surface area contributed by atoms with Crippen LogP contribution < -0.4 is 5.73 Å². The Kier molecular flexibility index (Phi) is 2.82. The summed E-state index contributed by atoms with van der Waals surface area (Å²) in [4.78, 5) is 0. The van der Waals surface area contributed by atoms with E-state index < -0.39 is 36.6 Å². The van der Waals surface area contributed by atoms with Gasteiger partial charge in [-0.05, 0) is 0 Å². The van der Waals surface area contributed by atoms with Crippen molar-refractivity contribution in [2.24, 2.45) is 5.73 Å². The van der Waals surface area contributed by atoms with Gasteiger partial charge in [0.15, 0.2) is 6.10 Å². The molecule has 0 spiro atoms. The van der Waals surface area contributed by atoms with E-state index in [1.807, 2.05) is 0 Å². The zero-order chi connectivity index (χ0) is 11.1. The van der Waals surface area contributed by atoms with Crippen LogP contribution in [-0.2, 0) is 4.74 Å². The van der Waals surface area contributed by atoms with Crippen molar-refractivity contribution in [1.29, 1.82) is 0 Å². The smallest absolute Gasteiger partial charge is 0.258 e. The zero-order valence-corrected chi connectivity index (χ0v) is 7.11. The van der Waals surface area contributed by atoms with E-state index in [1.54, 1.807) is 0 Å². The molecule has 1 heterocycles. The van der Waals surface area contributed by atoms with Crippen molar-refractivity contribution in [2.45, 2.75) is 30.0 Å². The Labute approximate surface area is 78.8 Å². The molecule has 0 saturated carbocycles. The lowest BCUT2D eigenvalue weighted by molar-refractivity contribution is -0.507. The Bertz CT molecular complexity index is 222. The largest absolute Gasteiger partial charge is 0.394 e. The van der Waals surface area contributed by atoms with E-state index in [1.165, 1.54) is 0 Å². The molecule has 1 aliphatic rings. The van der Waals surface area contributed by atoms with Crippen LogP contribution in [0.25, 0.3) is 0 Å². The highest BCUT2D eigenvalue weighted by Crippen LogP contribution is 2.38. The fraction of sp³-hybridized carbons (Fsp3) is 1.00. The molecule has 0 amide bonds. The Morgan fingerprint density at radius 2 is 1.86 bits per heavy atom. The van der Waals surface area contributed by atoms with Crippen LogP contribution in [-0.4, -0.2) is 67.3 Å². The minimum absolute atomic E-state index is 0.845. The molecule has 0 aromatic carbocycles. The molecule has 0 aromatic rings. The average Bonchev–Trinajstić information content (AvgIpc) is 2.13. The van der Waals surface area contributed by atoms with Gasteiger partial charge in [0.05, 0.1) is 6.61 Å². The highest BCUT2D eigenvalue weighted by molar-refractivity contribution is 5.02. The van der Waals surface area contributed by atoms with Crippen LogP contribution in [0.2, 0.25) is 0 Å². The van der Waals surface area contributed by atoms with Gasteiger partial charge in [-0.2, -0.15) is 0 Å². The molecule has 0 aliphatic carbocycles. The van der Waals surface area contributed by atoms with Gasteiger partial charge in [0, 0.05) is 0 Å². The van der Waals surface area contributed by atoms with Crippen molar-refractivity contribution >= 4 is 0 Å². The summed E-state index contributed by atoms with van der Waals surface area (Å²) in [6.45, 7) is -0.845. The fourth-order valence-corrected chi connectivity index (χ4v) is 1.21. The summed E-state index contributed by atoms with van der Waals surface area (Å²) in [7, 11) is 0. The molecule has 84 valence electrons. The normalized spacial score (nSPS) is 46.9. The number of hydrogen-bond donors (Lipinski definition) is 7. The first-order chi connectivity index (χ1) is 6.25. The number of nitrogens with two attached hydrogens (primary N) is 1. The lowest BCUT2D eigenvalue weighted by Crippen LogP contribution is -2.81. The third kappa shape index (κ3) is 1.51. The van der Waals surface area contributed by atoms with E-state index in [4.69, 9.17) is 26.2 Å². The first-order valence-corrected chi connectivity index (χ1v) is 3.84. The third-order valence-corrected chi connectivity index (χ3v) is 2.09. The minimum Gasteiger partial charge on any atom is -0.394 e. The van der Waals surface area contributed by atoms with E-state index in [0.29, 0.717) is 0 Å². The second-order valence-electron chi connectivity index (χ2n) is 3.20. The molecule has 14 heavy (non-hydrogen) atoms. The molecule has 8 heteroatoms. The molecule has 5 atom stereocenters. The summed E-state index contributed by atoms with van der Waals surface area (Å²) in [5.74, 6) is -5.05. The van der Waals surface area contributed by atoms with Gasteiger partial charge >= 0.3 is 0 Å². The number of hydrogen-bond acceptors (Lipinski definition) is 8. The summed E-state index contributed by atoms with van der Waals surface area (Å²) < 4.78 is 4.23. The van der Waals surface area contributed by atoms with Crippen LogP contribution in [0, 0.1) is 0 Å². The first kappa shape index (κ1) is 11.8. The minimum atomic E-state index is -2.58. The molecule has 0 aromatic heterocycles. The van der Waals surface area contributed by atoms with Crippen molar-refractivity contribution in [3.05, 3.63) is 0 Å². The second kappa shape index (κ2) is 3.36. The molecule has 8 N–H and O–H groups in total. The number of ether oxygens (including phenoxy) is 1. The topological polar surface area (TPSA) is 157 Å². The van der Waals surface area contributed by atoms with Gasteiger partial charge in [0.2, 0.25) is 5.79 Å². The quantitative estimate of drug-likeness (QED) is 0.230. The van der Waals surface area contributed by atoms with E-state index in [0.717, 1.165) is 0 Å². The van der Waals surface area contributed by atoms with Gasteiger partial charge in [0.1, 0.15) is 12.2 Å². The SMILES string of the molecule is NC1(O)O[C@](O)([C@H](O)[C@H](O)CO)[C@H]1O. The van der Waals surface area contributed by atoms with Crippen LogP contribution >= 0.6 is 0 Å². The van der Waals surface area contributed by atoms with E-state index >= 15 is 0 Å². The monoisotopic (exact) mass is 211 g/mol. The molecule has 1 unspecified atom stereocenters. The maximum absolute atomic E-state index is 9.35. The van der Waals surface area contributed by atoms with Crippen molar-refractivity contribution < 1.29 is 35.4 Å². The Hall–Kier alpha value is -0.320. The van der Waals surface area contributed by atoms with Crippen molar-refractivity contribution in [2.75, 3.05) is 6.61 Å². The third-order valence-electron chi connectivity index (χ3n) is 2.09. The Morgan fingerprint density at radius 3 is 2.14 bits per heavy atom. The first-order valence-electron chi connectivity index (χ1n) is 3.84. The molecule has 8 nitrogen and oxygen atoms in total. The summed E-state index contributed by atoms with van der Waals surface area (Å²) in [5, 5.41) is 54.0. The van der Waals surface area contributed by atoms with Gasteiger partial charge in [-0.1, -0.05) is 0 Å². The summed E-state index contributed by atoms with van der Waals surface area (Å²) in [6, 6.07) is 0. The Morgan fingerprint density at radius 1 is 1.36 bits per heavy atom. The second-order valence-corrected chi connectivity index (χ2v) is 3.20. The van der Waals surface area contributed by atoms with Crippen LogP contribution in [0.15, 0.2) is 0 Å². The summed E-state index contributed by atoms with van der Waals surface area (Å²) >= 11 is 0. The van der Waals surface area contributed by atoms with E-state index in [-0.39, 0.29) is 0 Å². The lowest BCUT2D eigenvalue weighted by Gasteiger charge is -2.53. The summed E-state index contributed by atoms with van der Waals surface area (Å²) in [5.41, 5.74) is 4.89. The maximum Gasteiger partial charge on any atom is 0.258 e. The van der Waals surface area contributed by atoms with Crippen LogP contribution in [0.3, 0.4) is 0 Å². The highest BCUT2D eigenvalue weighted by Gasteiger charge is 2.67. The molecular weight excluding hydrogens is 198 g/mol. The van der Waals surface area contributed by atoms with Crippen molar-refractivity contribution in [3.8, 4) is 0 Å². The van der Waals surface area contributed by atoms with Gasteiger partial charge in [-0.3, -0.25) is 10.5 Å². The molecule has 0 bridgehead atoms. The van der Waals surface area contributed by atoms with Gasteiger partial charge in [-0.25, -0.2) is 0 Å². The lowest BCUT2D eigenvalue weighted by atomic mass is 9.91.